The molecule has 0 saturated heterocycles. The van der Waals surface area contributed by atoms with Crippen molar-refractivity contribution in [2.45, 2.75) is 27.1 Å². The summed E-state index contributed by atoms with van der Waals surface area (Å²) >= 11 is 6.89. The molecular formula is C19H21FN4S2. The molecule has 4 nitrogen and oxygen atoms in total. The summed E-state index contributed by atoms with van der Waals surface area (Å²) in [6.45, 7) is 5.33. The van der Waals surface area contributed by atoms with Gasteiger partial charge in [0.05, 0.1) is 6.67 Å². The fourth-order valence-corrected chi connectivity index (χ4v) is 3.68. The Labute approximate surface area is 161 Å². The number of rotatable bonds is 6. The largest absolute Gasteiger partial charge is 0.330 e. The third kappa shape index (κ3) is 4.55. The number of benzene rings is 2. The van der Waals surface area contributed by atoms with E-state index in [2.05, 4.69) is 30.3 Å². The number of aromatic nitrogens is 2. The van der Waals surface area contributed by atoms with Crippen LogP contribution in [0.15, 0.2) is 42.5 Å². The van der Waals surface area contributed by atoms with Crippen molar-refractivity contribution in [3.8, 4) is 0 Å². The molecule has 1 aromatic heterocycles. The number of nitrogens with zero attached hydrogens (tertiary/aromatic N) is 3. The van der Waals surface area contributed by atoms with Crippen LogP contribution in [0.25, 0.3) is 0 Å². The predicted molar refractivity (Wildman–Crippen MR) is 108 cm³/mol. The Morgan fingerprint density at radius 1 is 1.23 bits per heavy atom. The van der Waals surface area contributed by atoms with Crippen LogP contribution in [0.5, 0.6) is 0 Å². The second-order valence-corrected chi connectivity index (χ2v) is 7.95. The Morgan fingerprint density at radius 2 is 2.00 bits per heavy atom. The fraction of sp³-hybridized carbons (Fsp3) is 0.263. The van der Waals surface area contributed by atoms with Gasteiger partial charge in [0.15, 0.2) is 3.95 Å². The van der Waals surface area contributed by atoms with E-state index in [1.54, 1.807) is 16.8 Å². The van der Waals surface area contributed by atoms with Crippen molar-refractivity contribution in [3.63, 3.8) is 0 Å². The highest BCUT2D eigenvalue weighted by Crippen LogP contribution is 2.25. The van der Waals surface area contributed by atoms with Gasteiger partial charge in [0.1, 0.15) is 5.82 Å². The van der Waals surface area contributed by atoms with Gasteiger partial charge in [-0.1, -0.05) is 35.6 Å². The van der Waals surface area contributed by atoms with E-state index in [0.29, 0.717) is 17.2 Å². The van der Waals surface area contributed by atoms with E-state index < -0.39 is 0 Å². The van der Waals surface area contributed by atoms with Gasteiger partial charge in [0, 0.05) is 12.2 Å². The first kappa shape index (κ1) is 18.7. The zero-order chi connectivity index (χ0) is 18.7. The van der Waals surface area contributed by atoms with Crippen LogP contribution in [0.3, 0.4) is 0 Å². The molecule has 1 heterocycles. The maximum atomic E-state index is 13.3. The third-order valence-electron chi connectivity index (χ3n) is 4.17. The maximum Gasteiger partial charge on any atom is 0.209 e. The van der Waals surface area contributed by atoms with Crippen LogP contribution in [-0.2, 0) is 13.2 Å². The average molecular weight is 389 g/mol. The van der Waals surface area contributed by atoms with E-state index in [-0.39, 0.29) is 5.82 Å². The molecule has 0 radical (unpaired) electrons. The molecule has 7 heteroatoms. The normalized spacial score (nSPS) is 11.1. The zero-order valence-electron chi connectivity index (χ0n) is 15.0. The van der Waals surface area contributed by atoms with E-state index >= 15 is 0 Å². The van der Waals surface area contributed by atoms with E-state index in [1.165, 1.54) is 28.5 Å². The van der Waals surface area contributed by atoms with Crippen molar-refractivity contribution >= 4 is 34.4 Å². The van der Waals surface area contributed by atoms with Crippen LogP contribution < -0.4 is 5.32 Å². The molecule has 0 spiro atoms. The Hall–Kier alpha value is -2.09. The van der Waals surface area contributed by atoms with Gasteiger partial charge in [0.2, 0.25) is 5.13 Å². The zero-order valence-corrected chi connectivity index (χ0v) is 16.6. The van der Waals surface area contributed by atoms with E-state index in [4.69, 9.17) is 12.2 Å². The van der Waals surface area contributed by atoms with Crippen molar-refractivity contribution in [2.75, 3.05) is 12.4 Å². The van der Waals surface area contributed by atoms with Crippen LogP contribution in [0.4, 0.5) is 15.2 Å². The smallest absolute Gasteiger partial charge is 0.209 e. The summed E-state index contributed by atoms with van der Waals surface area (Å²) in [5.74, 6) is -0.221. The molecule has 3 rings (SSSR count). The lowest BCUT2D eigenvalue weighted by Gasteiger charge is -2.16. The highest BCUT2D eigenvalue weighted by atomic mass is 32.1. The molecule has 0 aliphatic rings. The van der Waals surface area contributed by atoms with E-state index in [0.717, 1.165) is 16.4 Å². The molecule has 0 aliphatic carbocycles. The number of nitrogens with one attached hydrogen (secondary N) is 1. The highest BCUT2D eigenvalue weighted by molar-refractivity contribution is 7.73. The average Bonchev–Trinajstić information content (AvgIpc) is 2.91. The fourth-order valence-electron chi connectivity index (χ4n) is 2.67. The number of anilines is 2. The van der Waals surface area contributed by atoms with Crippen molar-refractivity contribution in [2.24, 2.45) is 0 Å². The standard InChI is InChI=1S/C19H21FN4S2/c1-13-6-4-9-17(14(13)2)21-18-22-24(19(25)26-18)12-23(3)11-15-7-5-8-16(20)10-15/h4-10H,11-12H2,1-3H3,(H,21,22). The lowest BCUT2D eigenvalue weighted by Crippen LogP contribution is -2.22. The maximum absolute atomic E-state index is 13.3. The molecule has 0 bridgehead atoms. The topological polar surface area (TPSA) is 33.1 Å². The minimum atomic E-state index is -0.221. The molecule has 0 saturated carbocycles. The van der Waals surface area contributed by atoms with Crippen molar-refractivity contribution < 1.29 is 4.39 Å². The molecule has 0 fully saturated rings. The Morgan fingerprint density at radius 3 is 2.77 bits per heavy atom. The minimum absolute atomic E-state index is 0.221. The molecule has 136 valence electrons. The molecular weight excluding hydrogens is 367 g/mol. The predicted octanol–water partition coefficient (Wildman–Crippen LogP) is 5.26. The van der Waals surface area contributed by atoms with Gasteiger partial charge in [-0.25, -0.2) is 9.07 Å². The van der Waals surface area contributed by atoms with Gasteiger partial charge in [-0.3, -0.25) is 4.90 Å². The summed E-state index contributed by atoms with van der Waals surface area (Å²) in [4.78, 5) is 2.05. The number of halogens is 1. The summed E-state index contributed by atoms with van der Waals surface area (Å²) in [6, 6.07) is 12.8. The van der Waals surface area contributed by atoms with Crippen LogP contribution in [0.1, 0.15) is 16.7 Å². The number of hydrogen-bond acceptors (Lipinski definition) is 5. The van der Waals surface area contributed by atoms with Crippen LogP contribution in [-0.4, -0.2) is 21.7 Å². The lowest BCUT2D eigenvalue weighted by atomic mass is 10.1. The molecule has 0 atom stereocenters. The SMILES string of the molecule is Cc1cccc(Nc2nn(CN(C)Cc3cccc(F)c3)c(=S)s2)c1C. The molecule has 3 aromatic rings. The molecule has 2 aromatic carbocycles. The van der Waals surface area contributed by atoms with Crippen LogP contribution >= 0.6 is 23.6 Å². The second kappa shape index (κ2) is 8.07. The Balaban J connectivity index is 1.70. The van der Waals surface area contributed by atoms with Crippen molar-refractivity contribution in [1.82, 2.24) is 14.7 Å². The first-order chi connectivity index (χ1) is 12.4. The molecule has 0 amide bonds. The van der Waals surface area contributed by atoms with Crippen LogP contribution in [0.2, 0.25) is 0 Å². The molecule has 0 aliphatic heterocycles. The minimum Gasteiger partial charge on any atom is -0.330 e. The Kier molecular flexibility index (Phi) is 5.80. The summed E-state index contributed by atoms with van der Waals surface area (Å²) in [6.07, 6.45) is 0. The number of aryl methyl sites for hydroxylation is 1. The highest BCUT2D eigenvalue weighted by Gasteiger charge is 2.09. The lowest BCUT2D eigenvalue weighted by molar-refractivity contribution is 0.245. The van der Waals surface area contributed by atoms with Gasteiger partial charge < -0.3 is 5.32 Å². The van der Waals surface area contributed by atoms with Gasteiger partial charge in [0.25, 0.3) is 0 Å². The quantitative estimate of drug-likeness (QED) is 0.584. The van der Waals surface area contributed by atoms with Crippen LogP contribution in [0, 0.1) is 23.6 Å². The summed E-state index contributed by atoms with van der Waals surface area (Å²) in [5, 5.41) is 8.70. The van der Waals surface area contributed by atoms with E-state index in [1.807, 2.05) is 30.1 Å². The van der Waals surface area contributed by atoms with Gasteiger partial charge >= 0.3 is 0 Å². The summed E-state index contributed by atoms with van der Waals surface area (Å²) < 4.78 is 15.8. The van der Waals surface area contributed by atoms with Gasteiger partial charge in [-0.05, 0) is 68.0 Å². The summed E-state index contributed by atoms with van der Waals surface area (Å²) in [5.41, 5.74) is 4.38. The summed E-state index contributed by atoms with van der Waals surface area (Å²) in [7, 11) is 1.96. The molecule has 0 unspecified atom stereocenters. The van der Waals surface area contributed by atoms with Crippen molar-refractivity contribution in [1.29, 1.82) is 0 Å². The van der Waals surface area contributed by atoms with Crippen molar-refractivity contribution in [3.05, 3.63) is 68.9 Å². The Bertz CT molecular complexity index is 964. The molecule has 26 heavy (non-hydrogen) atoms. The monoisotopic (exact) mass is 388 g/mol. The van der Waals surface area contributed by atoms with E-state index in [9.17, 15) is 4.39 Å². The first-order valence-electron chi connectivity index (χ1n) is 8.26. The second-order valence-electron chi connectivity index (χ2n) is 6.33. The number of hydrogen-bond donors (Lipinski definition) is 1. The molecule has 1 N–H and O–H groups in total. The first-order valence-corrected chi connectivity index (χ1v) is 9.49. The van der Waals surface area contributed by atoms with Gasteiger partial charge in [-0.2, -0.15) is 0 Å². The van der Waals surface area contributed by atoms with Gasteiger partial charge in [-0.15, -0.1) is 5.10 Å². The third-order valence-corrected chi connectivity index (χ3v) is 5.39.